The molecule has 0 saturated heterocycles. The van der Waals surface area contributed by atoms with Crippen LogP contribution in [0.5, 0.6) is 0 Å². The number of aliphatic hydroxyl groups is 1. The molecule has 5 aliphatic carbocycles. The van der Waals surface area contributed by atoms with Crippen molar-refractivity contribution < 1.29 is 24.2 Å². The van der Waals surface area contributed by atoms with E-state index >= 15 is 0 Å². The van der Waals surface area contributed by atoms with Gasteiger partial charge in [-0.2, -0.15) is 5.26 Å². The second-order valence-electron chi connectivity index (χ2n) is 15.1. The van der Waals surface area contributed by atoms with E-state index in [1.807, 2.05) is 20.8 Å². The minimum atomic E-state index is -0.947. The van der Waals surface area contributed by atoms with E-state index in [1.54, 1.807) is 12.2 Å². The molecular weight excluding hydrogens is 478 g/mol. The first kappa shape index (κ1) is 27.3. The number of hydrogen-bond acceptors (Lipinski definition) is 6. The Kier molecular flexibility index (Phi) is 5.68. The average Bonchev–Trinajstić information content (AvgIpc) is 2.82. The molecule has 0 aromatic carbocycles. The Balaban J connectivity index is 1.73. The van der Waals surface area contributed by atoms with Gasteiger partial charge in [-0.1, -0.05) is 54.5 Å². The highest BCUT2D eigenvalue weighted by Crippen LogP contribution is 2.74. The summed E-state index contributed by atoms with van der Waals surface area (Å²) in [5, 5.41) is 21.7. The first-order valence-electron chi connectivity index (χ1n) is 14.2. The Morgan fingerprint density at radius 1 is 1.03 bits per heavy atom. The van der Waals surface area contributed by atoms with Crippen molar-refractivity contribution in [3.05, 3.63) is 23.3 Å². The SMILES string of the molecule is COC(=O)[C@]12CCC(C)(C)CC1C1C(=O)C=C3[C@@]4(C)C=C(C#N)C(=O)C(C)(C)[C@@H]4[C@H](O)C[C@@]3(C)[C@]1(C)CC2. The molecule has 0 heterocycles. The van der Waals surface area contributed by atoms with Gasteiger partial charge in [-0.15, -0.1) is 0 Å². The largest absolute Gasteiger partial charge is 0.469 e. The van der Waals surface area contributed by atoms with Crippen LogP contribution in [0.1, 0.15) is 87.0 Å². The van der Waals surface area contributed by atoms with Crippen molar-refractivity contribution in [3.63, 3.8) is 0 Å². The van der Waals surface area contributed by atoms with Crippen LogP contribution in [0.3, 0.4) is 0 Å². The average molecular weight is 522 g/mol. The summed E-state index contributed by atoms with van der Waals surface area (Å²) in [5.41, 5.74) is -2.44. The molecule has 6 heteroatoms. The van der Waals surface area contributed by atoms with Crippen molar-refractivity contribution in [1.82, 2.24) is 0 Å². The van der Waals surface area contributed by atoms with Gasteiger partial charge in [0, 0.05) is 22.7 Å². The third-order valence-electron chi connectivity index (χ3n) is 12.3. The Morgan fingerprint density at radius 3 is 2.26 bits per heavy atom. The van der Waals surface area contributed by atoms with Gasteiger partial charge >= 0.3 is 5.97 Å². The molecule has 3 saturated carbocycles. The van der Waals surface area contributed by atoms with Gasteiger partial charge in [-0.3, -0.25) is 14.4 Å². The molecule has 0 bridgehead atoms. The quantitative estimate of drug-likeness (QED) is 0.467. The van der Waals surface area contributed by atoms with Crippen molar-refractivity contribution in [1.29, 1.82) is 5.26 Å². The third-order valence-corrected chi connectivity index (χ3v) is 12.3. The number of carbonyl (C=O) groups excluding carboxylic acids is 3. The van der Waals surface area contributed by atoms with Crippen molar-refractivity contribution in [2.75, 3.05) is 7.11 Å². The van der Waals surface area contributed by atoms with Gasteiger partial charge in [0.1, 0.15) is 6.07 Å². The number of ether oxygens (including phenoxy) is 1. The lowest BCUT2D eigenvalue weighted by atomic mass is 9.34. The van der Waals surface area contributed by atoms with Crippen LogP contribution in [-0.2, 0) is 19.1 Å². The fourth-order valence-electron chi connectivity index (χ4n) is 10.4. The number of hydrogen-bond donors (Lipinski definition) is 1. The maximum absolute atomic E-state index is 14.4. The molecular formula is C32H43NO5. The number of aliphatic hydroxyl groups excluding tert-OH is 1. The second kappa shape index (κ2) is 7.90. The van der Waals surface area contributed by atoms with Crippen molar-refractivity contribution in [2.24, 2.45) is 50.2 Å². The molecule has 38 heavy (non-hydrogen) atoms. The van der Waals surface area contributed by atoms with E-state index in [2.05, 4.69) is 33.8 Å². The van der Waals surface area contributed by atoms with Crippen LogP contribution in [0, 0.1) is 61.6 Å². The van der Waals surface area contributed by atoms with Crippen LogP contribution in [-0.4, -0.2) is 35.9 Å². The van der Waals surface area contributed by atoms with Crippen LogP contribution in [0.15, 0.2) is 23.3 Å². The molecule has 206 valence electrons. The molecule has 0 amide bonds. The highest BCUT2D eigenvalue weighted by Gasteiger charge is 2.72. The summed E-state index contributed by atoms with van der Waals surface area (Å²) in [6.07, 6.45) is 6.92. The van der Waals surface area contributed by atoms with Gasteiger partial charge in [0.25, 0.3) is 0 Å². The van der Waals surface area contributed by atoms with E-state index in [4.69, 9.17) is 4.74 Å². The molecule has 0 spiro atoms. The molecule has 0 aliphatic heterocycles. The molecule has 2 unspecified atom stereocenters. The first-order chi connectivity index (χ1) is 17.4. The number of fused-ring (bicyclic) bond motifs is 7. The zero-order valence-corrected chi connectivity index (χ0v) is 24.2. The fourth-order valence-corrected chi connectivity index (χ4v) is 10.4. The van der Waals surface area contributed by atoms with Crippen molar-refractivity contribution in [3.8, 4) is 6.07 Å². The number of ketones is 2. The van der Waals surface area contributed by atoms with Crippen molar-refractivity contribution in [2.45, 2.75) is 93.1 Å². The topological polar surface area (TPSA) is 104 Å². The predicted molar refractivity (Wildman–Crippen MR) is 142 cm³/mol. The van der Waals surface area contributed by atoms with Gasteiger partial charge in [-0.25, -0.2) is 0 Å². The normalized spacial score (nSPS) is 46.7. The highest BCUT2D eigenvalue weighted by atomic mass is 16.5. The van der Waals surface area contributed by atoms with Crippen LogP contribution in [0.4, 0.5) is 0 Å². The van der Waals surface area contributed by atoms with E-state index in [-0.39, 0.29) is 40.4 Å². The smallest absolute Gasteiger partial charge is 0.312 e. The molecule has 0 aromatic rings. The number of nitrogens with zero attached hydrogens (tertiary/aromatic N) is 1. The number of carbonyl (C=O) groups is 3. The van der Waals surface area contributed by atoms with E-state index < -0.39 is 39.1 Å². The predicted octanol–water partition coefficient (Wildman–Crippen LogP) is 5.35. The van der Waals surface area contributed by atoms with Crippen molar-refractivity contribution >= 4 is 17.5 Å². The molecule has 3 fully saturated rings. The number of rotatable bonds is 1. The Hall–Kier alpha value is -2.26. The molecule has 1 N–H and O–H groups in total. The molecule has 5 rings (SSSR count). The van der Waals surface area contributed by atoms with Gasteiger partial charge in [-0.05, 0) is 72.3 Å². The maximum Gasteiger partial charge on any atom is 0.312 e. The molecule has 0 radical (unpaired) electrons. The summed E-state index contributed by atoms with van der Waals surface area (Å²) in [5.74, 6) is -1.36. The Labute approximate surface area is 226 Å². The summed E-state index contributed by atoms with van der Waals surface area (Å²) in [4.78, 5) is 41.0. The van der Waals surface area contributed by atoms with Gasteiger partial charge in [0.2, 0.25) is 0 Å². The zero-order valence-electron chi connectivity index (χ0n) is 24.2. The lowest BCUT2D eigenvalue weighted by Crippen LogP contribution is -2.68. The van der Waals surface area contributed by atoms with Crippen LogP contribution in [0.25, 0.3) is 0 Å². The monoisotopic (exact) mass is 521 g/mol. The summed E-state index contributed by atoms with van der Waals surface area (Å²) in [6.45, 7) is 14.4. The van der Waals surface area contributed by atoms with E-state index in [0.717, 1.165) is 24.8 Å². The number of allylic oxidation sites excluding steroid dienone is 4. The fraction of sp³-hybridized carbons (Fsp3) is 0.750. The number of nitriles is 1. The molecule has 6 nitrogen and oxygen atoms in total. The summed E-state index contributed by atoms with van der Waals surface area (Å²) < 4.78 is 5.38. The maximum atomic E-state index is 14.4. The Bertz CT molecular complexity index is 1230. The number of esters is 1. The van der Waals surface area contributed by atoms with Crippen LogP contribution < -0.4 is 0 Å². The summed E-state index contributed by atoms with van der Waals surface area (Å²) in [7, 11) is 1.45. The van der Waals surface area contributed by atoms with Gasteiger partial charge in [0.15, 0.2) is 11.6 Å². The third kappa shape index (κ3) is 3.12. The summed E-state index contributed by atoms with van der Waals surface area (Å²) >= 11 is 0. The van der Waals surface area contributed by atoms with E-state index in [9.17, 15) is 24.8 Å². The van der Waals surface area contributed by atoms with E-state index in [1.165, 1.54) is 7.11 Å². The molecule has 5 aliphatic rings. The minimum absolute atomic E-state index is 0.00690. The van der Waals surface area contributed by atoms with Gasteiger partial charge in [0.05, 0.1) is 24.2 Å². The minimum Gasteiger partial charge on any atom is -0.469 e. The Morgan fingerprint density at radius 2 is 1.66 bits per heavy atom. The zero-order chi connectivity index (χ0) is 28.3. The number of Topliss-reactive ketones (excluding diaryl/α,β-unsaturated/α-hetero) is 1. The number of methoxy groups -OCH3 is 1. The van der Waals surface area contributed by atoms with Crippen LogP contribution in [0.2, 0.25) is 0 Å². The molecule has 8 atom stereocenters. The molecule has 0 aromatic heterocycles. The van der Waals surface area contributed by atoms with Crippen LogP contribution >= 0.6 is 0 Å². The standard InChI is InChI=1S/C32H43NO5/c1-27(2)9-11-32(26(37)38-8)12-10-30(6)23(19(32)15-27)20(34)13-22-29(5)14-18(17-33)25(36)28(3,4)24(29)21(35)16-31(22,30)7/h13-14,19,21,23-24,35H,9-12,15-16H2,1-8H3/t19?,21-,23?,24+,29-,30-,31-,32+/m1/s1. The van der Waals surface area contributed by atoms with E-state index in [0.29, 0.717) is 19.3 Å². The summed E-state index contributed by atoms with van der Waals surface area (Å²) in [6, 6.07) is 2.10. The lowest BCUT2D eigenvalue weighted by molar-refractivity contribution is -0.197. The second-order valence-corrected chi connectivity index (χ2v) is 15.1. The first-order valence-corrected chi connectivity index (χ1v) is 14.2. The van der Waals surface area contributed by atoms with Gasteiger partial charge < -0.3 is 9.84 Å². The lowest BCUT2D eigenvalue weighted by Gasteiger charge is -2.69. The highest BCUT2D eigenvalue weighted by molar-refractivity contribution is 6.04.